The lowest BCUT2D eigenvalue weighted by Gasteiger charge is -2.24. The van der Waals surface area contributed by atoms with Crippen molar-refractivity contribution in [2.24, 2.45) is 0 Å². The monoisotopic (exact) mass is 833 g/mol. The lowest BCUT2D eigenvalue weighted by Crippen LogP contribution is -2.37. The van der Waals surface area contributed by atoms with Gasteiger partial charge >= 0.3 is 13.8 Å². The second-order valence-corrected chi connectivity index (χ2v) is 17.1. The average Bonchev–Trinajstić information content (AvgIpc) is 3.17. The van der Waals surface area contributed by atoms with Gasteiger partial charge in [-0.2, -0.15) is 0 Å². The molecule has 3 atom stereocenters. The number of unbranched alkanes of at least 4 members (excludes halogenated alkanes) is 11. The minimum atomic E-state index is -4.33. The molecule has 0 bridgehead atoms. The molecule has 0 aliphatic carbocycles. The second kappa shape index (κ2) is 39.7. The molecule has 0 aromatic rings. The van der Waals surface area contributed by atoms with Crippen molar-refractivity contribution >= 4 is 13.8 Å². The van der Waals surface area contributed by atoms with Crippen LogP contribution in [0.1, 0.15) is 142 Å². The summed E-state index contributed by atoms with van der Waals surface area (Å²) in [6.07, 6.45) is 51.7. The van der Waals surface area contributed by atoms with Gasteiger partial charge in [-0.15, -0.1) is 0 Å². The molecular formula is C48H83NO8P+. The van der Waals surface area contributed by atoms with Crippen LogP contribution in [0.2, 0.25) is 0 Å². The van der Waals surface area contributed by atoms with Crippen molar-refractivity contribution in [3.63, 3.8) is 0 Å². The first-order valence-corrected chi connectivity index (χ1v) is 23.6. The smallest absolute Gasteiger partial charge is 0.472 e. The van der Waals surface area contributed by atoms with E-state index >= 15 is 0 Å². The molecule has 0 rings (SSSR count). The zero-order valence-corrected chi connectivity index (χ0v) is 38.0. The number of rotatable bonds is 39. The Morgan fingerprint density at radius 2 is 1.22 bits per heavy atom. The van der Waals surface area contributed by atoms with E-state index in [2.05, 4.69) is 56.4 Å². The Labute approximate surface area is 354 Å². The van der Waals surface area contributed by atoms with E-state index in [1.807, 2.05) is 63.7 Å². The number of carbonyl (C=O) groups excluding carboxylic acids is 1. The zero-order valence-electron chi connectivity index (χ0n) is 37.1. The topological polar surface area (TPSA) is 112 Å². The fourth-order valence-electron chi connectivity index (χ4n) is 5.33. The summed E-state index contributed by atoms with van der Waals surface area (Å²) in [5.74, 6) is -0.438. The molecule has 2 N–H and O–H groups in total. The Hall–Kier alpha value is -2.78. The van der Waals surface area contributed by atoms with Crippen molar-refractivity contribution in [3.05, 3.63) is 97.4 Å². The highest BCUT2D eigenvalue weighted by molar-refractivity contribution is 7.47. The molecule has 0 aromatic carbocycles. The van der Waals surface area contributed by atoms with Crippen molar-refractivity contribution in [2.45, 2.75) is 154 Å². The van der Waals surface area contributed by atoms with Gasteiger partial charge in [0, 0.05) is 6.42 Å². The van der Waals surface area contributed by atoms with Crippen molar-refractivity contribution in [3.8, 4) is 0 Å². The molecule has 0 amide bonds. The minimum Gasteiger partial charge on any atom is -0.498 e. The van der Waals surface area contributed by atoms with Crippen molar-refractivity contribution < 1.29 is 42.4 Å². The third-order valence-corrected chi connectivity index (χ3v) is 9.77. The predicted molar refractivity (Wildman–Crippen MR) is 243 cm³/mol. The van der Waals surface area contributed by atoms with E-state index in [9.17, 15) is 19.4 Å². The van der Waals surface area contributed by atoms with Crippen molar-refractivity contribution in [2.75, 3.05) is 47.5 Å². The van der Waals surface area contributed by atoms with Gasteiger partial charge in [0.15, 0.2) is 6.10 Å². The molecule has 0 aliphatic rings. The average molecular weight is 833 g/mol. The van der Waals surface area contributed by atoms with Crippen LogP contribution >= 0.6 is 7.82 Å². The van der Waals surface area contributed by atoms with E-state index in [1.165, 1.54) is 57.8 Å². The Morgan fingerprint density at radius 1 is 0.655 bits per heavy atom. The van der Waals surface area contributed by atoms with Gasteiger partial charge in [-0.3, -0.25) is 13.8 Å². The van der Waals surface area contributed by atoms with Crippen LogP contribution < -0.4 is 0 Å². The molecule has 10 heteroatoms. The van der Waals surface area contributed by atoms with Crippen molar-refractivity contribution in [1.29, 1.82) is 0 Å². The number of hydrogen-bond donors (Lipinski definition) is 2. The molecule has 0 heterocycles. The van der Waals surface area contributed by atoms with Gasteiger partial charge in [0.25, 0.3) is 0 Å². The number of ether oxygens (including phenoxy) is 2. The largest absolute Gasteiger partial charge is 0.498 e. The van der Waals surface area contributed by atoms with E-state index in [4.69, 9.17) is 18.5 Å². The summed E-state index contributed by atoms with van der Waals surface area (Å²) >= 11 is 0. The molecule has 0 fully saturated rings. The van der Waals surface area contributed by atoms with E-state index < -0.39 is 26.0 Å². The van der Waals surface area contributed by atoms with Crippen LogP contribution in [0, 0.1) is 0 Å². The van der Waals surface area contributed by atoms with Crippen LogP contribution in [0.5, 0.6) is 0 Å². The summed E-state index contributed by atoms with van der Waals surface area (Å²) in [4.78, 5) is 22.8. The zero-order chi connectivity index (χ0) is 42.8. The van der Waals surface area contributed by atoms with E-state index in [1.54, 1.807) is 12.3 Å². The molecule has 0 radical (unpaired) electrons. The number of likely N-dealkylation sites (N-methyl/N-ethyl adjacent to an activating group) is 1. The van der Waals surface area contributed by atoms with Crippen LogP contribution in [0.25, 0.3) is 0 Å². The van der Waals surface area contributed by atoms with Gasteiger partial charge < -0.3 is 24.0 Å². The van der Waals surface area contributed by atoms with Crippen LogP contribution in [0.15, 0.2) is 97.4 Å². The number of phosphoric acid groups is 1. The van der Waals surface area contributed by atoms with Crippen LogP contribution in [-0.4, -0.2) is 80.2 Å². The van der Waals surface area contributed by atoms with Gasteiger partial charge in [-0.25, -0.2) is 4.57 Å². The number of aliphatic hydroxyl groups excluding tert-OH is 1. The number of phosphoric ester groups is 1. The third kappa shape index (κ3) is 42.8. The molecule has 58 heavy (non-hydrogen) atoms. The van der Waals surface area contributed by atoms with Crippen LogP contribution in [0.3, 0.4) is 0 Å². The lowest BCUT2D eigenvalue weighted by atomic mass is 10.1. The molecule has 0 spiro atoms. The first kappa shape index (κ1) is 55.2. The number of quaternary nitrogens is 1. The number of nitrogens with zero attached hydrogens (tertiary/aromatic N) is 1. The van der Waals surface area contributed by atoms with Gasteiger partial charge in [0.05, 0.1) is 40.1 Å². The first-order valence-electron chi connectivity index (χ1n) is 22.1. The summed E-state index contributed by atoms with van der Waals surface area (Å²) in [7, 11) is 1.54. The number of hydrogen-bond acceptors (Lipinski definition) is 7. The fourth-order valence-corrected chi connectivity index (χ4v) is 6.07. The first-order chi connectivity index (χ1) is 28.0. The second-order valence-electron chi connectivity index (χ2n) is 15.6. The maximum absolute atomic E-state index is 12.7. The van der Waals surface area contributed by atoms with E-state index in [0.29, 0.717) is 23.9 Å². The molecule has 2 unspecified atom stereocenters. The van der Waals surface area contributed by atoms with Crippen LogP contribution in [-0.2, 0) is 27.9 Å². The fraction of sp³-hybridized carbons (Fsp3) is 0.646. The highest BCUT2D eigenvalue weighted by Gasteiger charge is 2.26. The summed E-state index contributed by atoms with van der Waals surface area (Å²) in [5, 5.41) is 9.85. The van der Waals surface area contributed by atoms with Gasteiger partial charge in [-0.1, -0.05) is 144 Å². The summed E-state index contributed by atoms with van der Waals surface area (Å²) in [6, 6.07) is 0. The summed E-state index contributed by atoms with van der Waals surface area (Å²) in [5.41, 5.74) is 0. The Kier molecular flexibility index (Phi) is 37.8. The number of aliphatic hydroxyl groups is 1. The molecule has 0 saturated heterocycles. The Balaban J connectivity index is 4.50. The molecule has 0 aromatic heterocycles. The van der Waals surface area contributed by atoms with Crippen LogP contribution in [0.4, 0.5) is 0 Å². The van der Waals surface area contributed by atoms with Gasteiger partial charge in [0.1, 0.15) is 19.8 Å². The van der Waals surface area contributed by atoms with Gasteiger partial charge in [0.2, 0.25) is 0 Å². The Morgan fingerprint density at radius 3 is 1.84 bits per heavy atom. The molecular weight excluding hydrogens is 750 g/mol. The maximum Gasteiger partial charge on any atom is 0.472 e. The predicted octanol–water partition coefficient (Wildman–Crippen LogP) is 12.4. The SMILES string of the molecule is CC/C=C\CC(O)/C=C/C=C/C/C=C\C/C=C\C/C=C\CCC(=O)O[C@H](CO/C=C/CCCCCC/C=C\CCCCCCCC)COP(=O)(O)OCC[N+](C)(C)C. The highest BCUT2D eigenvalue weighted by atomic mass is 31.2. The molecule has 9 nitrogen and oxygen atoms in total. The number of esters is 1. The van der Waals surface area contributed by atoms with Crippen molar-refractivity contribution in [1.82, 2.24) is 0 Å². The summed E-state index contributed by atoms with van der Waals surface area (Å²) in [6.45, 7) is 4.58. The third-order valence-electron chi connectivity index (χ3n) is 8.79. The normalized spacial score (nSPS) is 15.2. The Bertz CT molecular complexity index is 1260. The quantitative estimate of drug-likeness (QED) is 0.0120. The summed E-state index contributed by atoms with van der Waals surface area (Å²) < 4.78 is 34.6. The molecule has 332 valence electrons. The number of carbonyl (C=O) groups is 1. The molecule has 0 aliphatic heterocycles. The van der Waals surface area contributed by atoms with E-state index in [0.717, 1.165) is 51.4 Å². The van der Waals surface area contributed by atoms with Gasteiger partial charge in [-0.05, 0) is 83.1 Å². The lowest BCUT2D eigenvalue weighted by molar-refractivity contribution is -0.870. The standard InChI is InChI=1S/C48H82NO8P/c1-6-8-10-11-12-13-14-15-16-17-21-24-27-30-33-37-42-54-44-47(45-56-58(52,53)55-43-41-49(3,4)5)57-48(51)40-36-32-29-26-23-20-18-19-22-25-28-31-35-39-46(50)38-34-9-7-2/h9,15-16,19-20,22-23,28-29,31-32,34-35,37,39,42,46-47,50H,6-8,10-14,17-18,21,24-27,30,33,36,38,40-41,43-45H2,1-5H3/p+1/b16-15-,22-19-,23-20-,31-28+,32-29-,34-9-,39-35+,42-37+/t46?,47-/m1/s1. The molecule has 0 saturated carbocycles. The highest BCUT2D eigenvalue weighted by Crippen LogP contribution is 2.43. The minimum absolute atomic E-state index is 0.00402. The number of allylic oxidation sites excluding steroid dienone is 13. The van der Waals surface area contributed by atoms with E-state index in [-0.39, 0.29) is 26.2 Å². The maximum atomic E-state index is 12.7.